The largest absolute Gasteiger partial charge is 0.459 e. The number of rotatable bonds is 5. The Morgan fingerprint density at radius 3 is 2.61 bits per heavy atom. The van der Waals surface area contributed by atoms with Gasteiger partial charge in [-0.1, -0.05) is 33.3 Å². The smallest absolute Gasteiger partial charge is 0.134 e. The standard InChI is InChI=1S/C16H23NO/c1-5-6-12-7-8-14-13(9-12)10-15(18-14)16(17-4)11(2)3/h7-11,16-17H,5-6H2,1-4H3. The molecular formula is C16H23NO. The summed E-state index contributed by atoms with van der Waals surface area (Å²) in [6.45, 7) is 6.62. The van der Waals surface area contributed by atoms with Gasteiger partial charge in [0.15, 0.2) is 0 Å². The van der Waals surface area contributed by atoms with Crippen molar-refractivity contribution in [1.82, 2.24) is 5.32 Å². The molecule has 0 spiro atoms. The lowest BCUT2D eigenvalue weighted by molar-refractivity contribution is 0.371. The van der Waals surface area contributed by atoms with Gasteiger partial charge < -0.3 is 9.73 Å². The van der Waals surface area contributed by atoms with Crippen LogP contribution < -0.4 is 5.32 Å². The lowest BCUT2D eigenvalue weighted by atomic mass is 10.0. The molecule has 0 bridgehead atoms. The first kappa shape index (κ1) is 13.2. The molecule has 0 aliphatic carbocycles. The molecule has 0 saturated carbocycles. The quantitative estimate of drug-likeness (QED) is 0.849. The lowest BCUT2D eigenvalue weighted by Gasteiger charge is -2.16. The second-order valence-electron chi connectivity index (χ2n) is 5.28. The van der Waals surface area contributed by atoms with Crippen molar-refractivity contribution in [2.45, 2.75) is 39.7 Å². The molecule has 0 aliphatic rings. The first-order chi connectivity index (χ1) is 8.65. The van der Waals surface area contributed by atoms with Crippen molar-refractivity contribution in [3.63, 3.8) is 0 Å². The summed E-state index contributed by atoms with van der Waals surface area (Å²) in [6, 6.07) is 8.97. The fourth-order valence-electron chi connectivity index (χ4n) is 2.51. The van der Waals surface area contributed by atoms with Gasteiger partial charge in [0.1, 0.15) is 11.3 Å². The van der Waals surface area contributed by atoms with Crippen LogP contribution in [0.5, 0.6) is 0 Å². The molecule has 1 N–H and O–H groups in total. The summed E-state index contributed by atoms with van der Waals surface area (Å²) in [5, 5.41) is 4.54. The maximum atomic E-state index is 5.95. The Bertz CT molecular complexity index is 513. The third-order valence-electron chi connectivity index (χ3n) is 3.42. The minimum absolute atomic E-state index is 0.284. The highest BCUT2D eigenvalue weighted by Gasteiger charge is 2.17. The summed E-state index contributed by atoms with van der Waals surface area (Å²) >= 11 is 0. The number of hydrogen-bond donors (Lipinski definition) is 1. The zero-order valence-electron chi connectivity index (χ0n) is 11.8. The number of furan rings is 1. The topological polar surface area (TPSA) is 25.2 Å². The number of hydrogen-bond acceptors (Lipinski definition) is 2. The molecule has 1 aromatic carbocycles. The summed E-state index contributed by atoms with van der Waals surface area (Å²) in [5.74, 6) is 1.56. The number of nitrogens with one attached hydrogen (secondary N) is 1. The fraction of sp³-hybridized carbons (Fsp3) is 0.500. The van der Waals surface area contributed by atoms with Crippen LogP contribution in [0.15, 0.2) is 28.7 Å². The van der Waals surface area contributed by atoms with Crippen molar-refractivity contribution >= 4 is 11.0 Å². The summed E-state index contributed by atoms with van der Waals surface area (Å²) in [5.41, 5.74) is 2.38. The summed E-state index contributed by atoms with van der Waals surface area (Å²) in [7, 11) is 1.99. The van der Waals surface area contributed by atoms with Gasteiger partial charge in [-0.2, -0.15) is 0 Å². The predicted octanol–water partition coefficient (Wildman–Crippen LogP) is 4.30. The van der Waals surface area contributed by atoms with E-state index in [4.69, 9.17) is 4.42 Å². The SMILES string of the molecule is CCCc1ccc2oc(C(NC)C(C)C)cc2c1. The normalized spacial score (nSPS) is 13.4. The molecule has 98 valence electrons. The number of fused-ring (bicyclic) bond motifs is 1. The third kappa shape index (κ3) is 2.59. The Kier molecular flexibility index (Phi) is 4.07. The van der Waals surface area contributed by atoms with E-state index in [1.165, 1.54) is 17.4 Å². The van der Waals surface area contributed by atoms with Gasteiger partial charge in [0.25, 0.3) is 0 Å². The van der Waals surface area contributed by atoms with Crippen molar-refractivity contribution in [2.75, 3.05) is 7.05 Å². The van der Waals surface area contributed by atoms with Crippen molar-refractivity contribution in [3.8, 4) is 0 Å². The predicted molar refractivity (Wildman–Crippen MR) is 76.8 cm³/mol. The van der Waals surface area contributed by atoms with E-state index in [2.05, 4.69) is 50.4 Å². The molecule has 0 saturated heterocycles. The highest BCUT2D eigenvalue weighted by atomic mass is 16.3. The molecular weight excluding hydrogens is 222 g/mol. The van der Waals surface area contributed by atoms with Crippen LogP contribution in [-0.2, 0) is 6.42 Å². The monoisotopic (exact) mass is 245 g/mol. The molecule has 2 rings (SSSR count). The van der Waals surface area contributed by atoms with Gasteiger partial charge in [-0.05, 0) is 43.1 Å². The maximum absolute atomic E-state index is 5.95. The Morgan fingerprint density at radius 1 is 1.22 bits per heavy atom. The average Bonchev–Trinajstić information content (AvgIpc) is 2.72. The minimum Gasteiger partial charge on any atom is -0.459 e. The molecule has 2 heteroatoms. The number of aryl methyl sites for hydroxylation is 1. The number of benzene rings is 1. The van der Waals surface area contributed by atoms with Gasteiger partial charge in [0, 0.05) is 5.39 Å². The molecule has 1 heterocycles. The molecule has 18 heavy (non-hydrogen) atoms. The minimum atomic E-state index is 0.284. The molecule has 0 fully saturated rings. The molecule has 1 atom stereocenters. The maximum Gasteiger partial charge on any atom is 0.134 e. The van der Waals surface area contributed by atoms with Gasteiger partial charge in [-0.3, -0.25) is 0 Å². The van der Waals surface area contributed by atoms with Gasteiger partial charge in [-0.25, -0.2) is 0 Å². The Morgan fingerprint density at radius 2 is 2.00 bits per heavy atom. The highest BCUT2D eigenvalue weighted by molar-refractivity contribution is 5.78. The van der Waals surface area contributed by atoms with Gasteiger partial charge in [-0.15, -0.1) is 0 Å². The summed E-state index contributed by atoms with van der Waals surface area (Å²) in [4.78, 5) is 0. The summed E-state index contributed by atoms with van der Waals surface area (Å²) in [6.07, 6.45) is 2.32. The second kappa shape index (κ2) is 5.57. The lowest BCUT2D eigenvalue weighted by Crippen LogP contribution is -2.20. The van der Waals surface area contributed by atoms with Gasteiger partial charge in [0.05, 0.1) is 6.04 Å². The van der Waals surface area contributed by atoms with Crippen molar-refractivity contribution in [2.24, 2.45) is 5.92 Å². The Labute approximate surface area is 109 Å². The van der Waals surface area contributed by atoms with E-state index >= 15 is 0 Å². The van der Waals surface area contributed by atoms with Crippen LogP contribution in [0, 0.1) is 5.92 Å². The van der Waals surface area contributed by atoms with Crippen LogP contribution in [0.1, 0.15) is 44.6 Å². The van der Waals surface area contributed by atoms with Crippen LogP contribution in [0.2, 0.25) is 0 Å². The van der Waals surface area contributed by atoms with E-state index in [0.29, 0.717) is 5.92 Å². The first-order valence-electron chi connectivity index (χ1n) is 6.85. The highest BCUT2D eigenvalue weighted by Crippen LogP contribution is 2.28. The van der Waals surface area contributed by atoms with Crippen molar-refractivity contribution < 1.29 is 4.42 Å². The molecule has 0 amide bonds. The molecule has 1 aromatic heterocycles. The Balaban J connectivity index is 2.37. The summed E-state index contributed by atoms with van der Waals surface area (Å²) < 4.78 is 5.95. The zero-order chi connectivity index (χ0) is 13.1. The van der Waals surface area contributed by atoms with Crippen LogP contribution in [0.25, 0.3) is 11.0 Å². The average molecular weight is 245 g/mol. The van der Waals surface area contributed by atoms with Crippen molar-refractivity contribution in [1.29, 1.82) is 0 Å². The van der Waals surface area contributed by atoms with Crippen LogP contribution in [0.4, 0.5) is 0 Å². The Hall–Kier alpha value is -1.28. The van der Waals surface area contributed by atoms with Gasteiger partial charge >= 0.3 is 0 Å². The zero-order valence-corrected chi connectivity index (χ0v) is 11.8. The van der Waals surface area contributed by atoms with Crippen molar-refractivity contribution in [3.05, 3.63) is 35.6 Å². The van der Waals surface area contributed by atoms with Gasteiger partial charge in [0.2, 0.25) is 0 Å². The van der Waals surface area contributed by atoms with E-state index in [1.807, 2.05) is 7.05 Å². The van der Waals surface area contributed by atoms with Crippen LogP contribution >= 0.6 is 0 Å². The van der Waals surface area contributed by atoms with E-state index in [-0.39, 0.29) is 6.04 Å². The third-order valence-corrected chi connectivity index (χ3v) is 3.42. The van der Waals surface area contributed by atoms with E-state index in [1.54, 1.807) is 0 Å². The van der Waals surface area contributed by atoms with Crippen LogP contribution in [0.3, 0.4) is 0 Å². The van der Waals surface area contributed by atoms with Crippen LogP contribution in [-0.4, -0.2) is 7.05 Å². The molecule has 0 aliphatic heterocycles. The fourth-order valence-corrected chi connectivity index (χ4v) is 2.51. The molecule has 0 radical (unpaired) electrons. The molecule has 2 aromatic rings. The second-order valence-corrected chi connectivity index (χ2v) is 5.28. The molecule has 1 unspecified atom stereocenters. The molecule has 2 nitrogen and oxygen atoms in total. The van der Waals surface area contributed by atoms with E-state index in [0.717, 1.165) is 17.8 Å². The first-order valence-corrected chi connectivity index (χ1v) is 6.85. The van der Waals surface area contributed by atoms with E-state index in [9.17, 15) is 0 Å². The van der Waals surface area contributed by atoms with E-state index < -0.39 is 0 Å².